The lowest BCUT2D eigenvalue weighted by molar-refractivity contribution is -0.0266. The van der Waals surface area contributed by atoms with Crippen molar-refractivity contribution in [1.29, 1.82) is 0 Å². The second kappa shape index (κ2) is 3.85. The number of carbonyl (C=O) groups excluding carboxylic acids is 1. The number of benzene rings is 1. The predicted molar refractivity (Wildman–Crippen MR) is 60.9 cm³/mol. The van der Waals surface area contributed by atoms with E-state index in [1.165, 1.54) is 7.11 Å². The minimum atomic E-state index is -0.329. The quantitative estimate of drug-likeness (QED) is 0.734. The Balaban J connectivity index is 2.09. The molecule has 0 aliphatic carbocycles. The number of methoxy groups -OCH3 is 1. The molecule has 17 heavy (non-hydrogen) atoms. The fourth-order valence-electron chi connectivity index (χ4n) is 1.94. The van der Waals surface area contributed by atoms with Crippen molar-refractivity contribution in [2.24, 2.45) is 0 Å². The monoisotopic (exact) mass is 232 g/mol. The first-order valence-electron chi connectivity index (χ1n) is 5.43. The molecule has 0 bridgehead atoms. The Kier molecular flexibility index (Phi) is 2.33. The molecule has 1 aromatic carbocycles. The minimum absolute atomic E-state index is 0.278. The Morgan fingerprint density at radius 1 is 1.53 bits per heavy atom. The molecule has 1 aromatic heterocycles. The molecule has 1 saturated heterocycles. The lowest BCUT2D eigenvalue weighted by atomic mass is 10.1. The van der Waals surface area contributed by atoms with Crippen LogP contribution in [0, 0.1) is 0 Å². The first-order chi connectivity index (χ1) is 8.29. The summed E-state index contributed by atoms with van der Waals surface area (Å²) < 4.78 is 11.8. The first-order valence-corrected chi connectivity index (χ1v) is 5.43. The Morgan fingerprint density at radius 3 is 3.00 bits per heavy atom. The fraction of sp³-hybridized carbons (Fsp3) is 0.333. The fourth-order valence-corrected chi connectivity index (χ4v) is 1.94. The van der Waals surface area contributed by atoms with E-state index in [-0.39, 0.29) is 12.0 Å². The van der Waals surface area contributed by atoms with Gasteiger partial charge in [-0.25, -0.2) is 4.79 Å². The maximum absolute atomic E-state index is 11.5. The van der Waals surface area contributed by atoms with Gasteiger partial charge in [0.05, 0.1) is 43.6 Å². The van der Waals surface area contributed by atoms with Crippen LogP contribution in [0.25, 0.3) is 10.9 Å². The van der Waals surface area contributed by atoms with Gasteiger partial charge in [0.1, 0.15) is 0 Å². The molecule has 0 atom stereocenters. The van der Waals surface area contributed by atoms with Crippen LogP contribution < -0.4 is 0 Å². The zero-order chi connectivity index (χ0) is 11.8. The normalized spacial score (nSPS) is 15.8. The molecule has 5 heteroatoms. The highest BCUT2D eigenvalue weighted by atomic mass is 16.5. The van der Waals surface area contributed by atoms with Crippen LogP contribution >= 0.6 is 0 Å². The van der Waals surface area contributed by atoms with Crippen LogP contribution in [-0.2, 0) is 9.47 Å². The summed E-state index contributed by atoms with van der Waals surface area (Å²) in [5.74, 6) is -0.329. The van der Waals surface area contributed by atoms with Crippen LogP contribution in [0.2, 0.25) is 0 Å². The third kappa shape index (κ3) is 1.59. The molecule has 1 fully saturated rings. The molecule has 5 nitrogen and oxygen atoms in total. The van der Waals surface area contributed by atoms with E-state index in [0.29, 0.717) is 18.8 Å². The summed E-state index contributed by atoms with van der Waals surface area (Å²) in [5.41, 5.74) is 1.49. The summed E-state index contributed by atoms with van der Waals surface area (Å²) >= 11 is 0. The van der Waals surface area contributed by atoms with Gasteiger partial charge in [0.15, 0.2) is 0 Å². The average molecular weight is 232 g/mol. The topological polar surface area (TPSA) is 53.3 Å². The highest BCUT2D eigenvalue weighted by Gasteiger charge is 2.23. The standard InChI is InChI=1S/C12H12N2O3/c1-16-12(15)8-2-3-9-5-13-14(11(9)4-8)10-6-17-7-10/h2-5,10H,6-7H2,1H3. The average Bonchev–Trinajstić information content (AvgIpc) is 2.69. The molecule has 1 aliphatic heterocycles. The van der Waals surface area contributed by atoms with E-state index in [0.717, 1.165) is 10.9 Å². The van der Waals surface area contributed by atoms with Crippen LogP contribution in [0.1, 0.15) is 16.4 Å². The molecule has 0 amide bonds. The van der Waals surface area contributed by atoms with E-state index in [1.807, 2.05) is 16.8 Å². The number of rotatable bonds is 2. The molecule has 0 N–H and O–H groups in total. The summed E-state index contributed by atoms with van der Waals surface area (Å²) in [6.45, 7) is 1.36. The number of ether oxygens (including phenoxy) is 2. The van der Waals surface area contributed by atoms with E-state index in [1.54, 1.807) is 12.3 Å². The summed E-state index contributed by atoms with van der Waals surface area (Å²) in [6.07, 6.45) is 1.80. The van der Waals surface area contributed by atoms with Gasteiger partial charge in [0, 0.05) is 5.39 Å². The largest absolute Gasteiger partial charge is 0.465 e. The van der Waals surface area contributed by atoms with E-state index in [9.17, 15) is 4.79 Å². The number of hydrogen-bond donors (Lipinski definition) is 0. The van der Waals surface area contributed by atoms with Crippen LogP contribution in [0.5, 0.6) is 0 Å². The first kappa shape index (κ1) is 10.3. The highest BCUT2D eigenvalue weighted by molar-refractivity contribution is 5.94. The number of esters is 1. The van der Waals surface area contributed by atoms with Gasteiger partial charge in [0.2, 0.25) is 0 Å². The van der Waals surface area contributed by atoms with E-state index >= 15 is 0 Å². The summed E-state index contributed by atoms with van der Waals surface area (Å²) in [6, 6.07) is 5.72. The van der Waals surface area contributed by atoms with Crippen molar-refractivity contribution in [3.8, 4) is 0 Å². The number of hydrogen-bond acceptors (Lipinski definition) is 4. The third-order valence-electron chi connectivity index (χ3n) is 2.99. The van der Waals surface area contributed by atoms with Gasteiger partial charge in [-0.15, -0.1) is 0 Å². The Bertz CT molecular complexity index is 572. The predicted octanol–water partition coefficient (Wildman–Crippen LogP) is 1.39. The Hall–Kier alpha value is -1.88. The minimum Gasteiger partial charge on any atom is -0.465 e. The molecule has 3 rings (SSSR count). The van der Waals surface area contributed by atoms with Gasteiger partial charge < -0.3 is 9.47 Å². The van der Waals surface area contributed by atoms with Crippen molar-refractivity contribution < 1.29 is 14.3 Å². The zero-order valence-corrected chi connectivity index (χ0v) is 9.42. The SMILES string of the molecule is COC(=O)c1ccc2cnn(C3COC3)c2c1. The molecule has 2 aromatic rings. The maximum atomic E-state index is 11.5. The van der Waals surface area contributed by atoms with Crippen LogP contribution in [0.4, 0.5) is 0 Å². The number of fused-ring (bicyclic) bond motifs is 1. The van der Waals surface area contributed by atoms with Crippen molar-refractivity contribution in [1.82, 2.24) is 9.78 Å². The molecule has 0 radical (unpaired) electrons. The molecule has 0 spiro atoms. The van der Waals surface area contributed by atoms with E-state index in [2.05, 4.69) is 5.10 Å². The van der Waals surface area contributed by atoms with E-state index < -0.39 is 0 Å². The van der Waals surface area contributed by atoms with Crippen LogP contribution in [-0.4, -0.2) is 36.1 Å². The second-order valence-corrected chi connectivity index (χ2v) is 4.05. The van der Waals surface area contributed by atoms with Crippen molar-refractivity contribution in [2.75, 3.05) is 20.3 Å². The maximum Gasteiger partial charge on any atom is 0.337 e. The zero-order valence-electron chi connectivity index (χ0n) is 9.42. The van der Waals surface area contributed by atoms with E-state index in [4.69, 9.17) is 9.47 Å². The van der Waals surface area contributed by atoms with Gasteiger partial charge >= 0.3 is 5.97 Å². The number of aromatic nitrogens is 2. The molecular formula is C12H12N2O3. The number of carbonyl (C=O) groups is 1. The number of nitrogens with zero attached hydrogens (tertiary/aromatic N) is 2. The second-order valence-electron chi connectivity index (χ2n) is 4.05. The summed E-state index contributed by atoms with van der Waals surface area (Å²) in [4.78, 5) is 11.5. The molecular weight excluding hydrogens is 220 g/mol. The van der Waals surface area contributed by atoms with Gasteiger partial charge in [0.25, 0.3) is 0 Å². The lowest BCUT2D eigenvalue weighted by Gasteiger charge is -2.26. The lowest BCUT2D eigenvalue weighted by Crippen LogP contribution is -2.31. The van der Waals surface area contributed by atoms with Gasteiger partial charge in [-0.05, 0) is 12.1 Å². The Labute approximate surface area is 97.9 Å². The van der Waals surface area contributed by atoms with Crippen molar-refractivity contribution >= 4 is 16.9 Å². The molecule has 2 heterocycles. The van der Waals surface area contributed by atoms with Crippen LogP contribution in [0.15, 0.2) is 24.4 Å². The third-order valence-corrected chi connectivity index (χ3v) is 2.99. The molecule has 88 valence electrons. The van der Waals surface area contributed by atoms with Crippen molar-refractivity contribution in [3.63, 3.8) is 0 Å². The van der Waals surface area contributed by atoms with Crippen LogP contribution in [0.3, 0.4) is 0 Å². The highest BCUT2D eigenvalue weighted by Crippen LogP contribution is 2.23. The Morgan fingerprint density at radius 2 is 2.35 bits per heavy atom. The molecule has 0 unspecified atom stereocenters. The van der Waals surface area contributed by atoms with Gasteiger partial charge in [-0.2, -0.15) is 5.10 Å². The molecule has 1 aliphatic rings. The van der Waals surface area contributed by atoms with Gasteiger partial charge in [-0.1, -0.05) is 6.07 Å². The summed E-state index contributed by atoms with van der Waals surface area (Å²) in [5, 5.41) is 5.35. The van der Waals surface area contributed by atoms with Gasteiger partial charge in [-0.3, -0.25) is 4.68 Å². The smallest absolute Gasteiger partial charge is 0.337 e. The van der Waals surface area contributed by atoms with Crippen molar-refractivity contribution in [2.45, 2.75) is 6.04 Å². The summed E-state index contributed by atoms with van der Waals surface area (Å²) in [7, 11) is 1.38. The molecule has 0 saturated carbocycles. The van der Waals surface area contributed by atoms with Crippen molar-refractivity contribution in [3.05, 3.63) is 30.0 Å².